The number of aromatic amines is 1. The highest BCUT2D eigenvalue weighted by molar-refractivity contribution is 6.04. The van der Waals surface area contributed by atoms with Crippen molar-refractivity contribution in [2.75, 3.05) is 28.6 Å². The van der Waals surface area contributed by atoms with E-state index in [9.17, 15) is 24.5 Å². The van der Waals surface area contributed by atoms with Crippen LogP contribution in [-0.4, -0.2) is 39.8 Å². The Morgan fingerprint density at radius 2 is 2.03 bits per heavy atom. The van der Waals surface area contributed by atoms with Gasteiger partial charge in [-0.25, -0.2) is 0 Å². The molecule has 2 aromatic rings. The smallest absolute Gasteiger partial charge is 0.271 e. The van der Waals surface area contributed by atoms with Gasteiger partial charge in [0.15, 0.2) is 0 Å². The Bertz CT molecular complexity index is 1060. The van der Waals surface area contributed by atoms with Crippen molar-refractivity contribution in [1.29, 1.82) is 0 Å². The molecule has 11 nitrogen and oxygen atoms in total. The van der Waals surface area contributed by atoms with E-state index in [-0.39, 0.29) is 29.2 Å². The third-order valence-corrected chi connectivity index (χ3v) is 4.99. The van der Waals surface area contributed by atoms with Gasteiger partial charge in [0.05, 0.1) is 16.4 Å². The molecule has 2 amide bonds. The van der Waals surface area contributed by atoms with Gasteiger partial charge in [0.25, 0.3) is 11.2 Å². The first-order valence-corrected chi connectivity index (χ1v) is 9.16. The molecule has 2 aliphatic heterocycles. The van der Waals surface area contributed by atoms with Crippen molar-refractivity contribution in [3.8, 4) is 0 Å². The molecule has 0 saturated carbocycles. The molecule has 1 aromatic carbocycles. The second-order valence-electron chi connectivity index (χ2n) is 6.95. The SMILES string of the molecule is O=C1CC(C(=O)Nc2cccc([N+](=O)[O-])c2)c2c(nc(N3CCCC3)[nH]c2=O)N1. The largest absolute Gasteiger partial charge is 0.342 e. The van der Waals surface area contributed by atoms with Gasteiger partial charge in [-0.15, -0.1) is 0 Å². The summed E-state index contributed by atoms with van der Waals surface area (Å²) in [6.45, 7) is 1.51. The van der Waals surface area contributed by atoms with Crippen LogP contribution < -0.4 is 21.1 Å². The summed E-state index contributed by atoms with van der Waals surface area (Å²) in [5.41, 5.74) is -0.388. The van der Waals surface area contributed by atoms with Crippen molar-refractivity contribution >= 4 is 35.0 Å². The predicted octanol–water partition coefficient (Wildman–Crippen LogP) is 1.34. The summed E-state index contributed by atoms with van der Waals surface area (Å²) in [7, 11) is 0. The van der Waals surface area contributed by atoms with Crippen LogP contribution in [0.25, 0.3) is 0 Å². The Hall–Kier alpha value is -3.76. The highest BCUT2D eigenvalue weighted by Gasteiger charge is 2.35. The first kappa shape index (κ1) is 18.6. The normalized spacial score (nSPS) is 18.1. The van der Waals surface area contributed by atoms with Crippen molar-refractivity contribution in [1.82, 2.24) is 9.97 Å². The quantitative estimate of drug-likeness (QED) is 0.519. The zero-order chi connectivity index (χ0) is 20.5. The number of carbonyl (C=O) groups excluding carboxylic acids is 2. The fourth-order valence-corrected chi connectivity index (χ4v) is 3.59. The number of hydrogen-bond donors (Lipinski definition) is 3. The summed E-state index contributed by atoms with van der Waals surface area (Å²) in [6.07, 6.45) is 1.75. The maximum Gasteiger partial charge on any atom is 0.271 e. The summed E-state index contributed by atoms with van der Waals surface area (Å²) >= 11 is 0. The first-order valence-electron chi connectivity index (χ1n) is 9.16. The minimum Gasteiger partial charge on any atom is -0.342 e. The lowest BCUT2D eigenvalue weighted by atomic mass is 9.92. The molecular weight excluding hydrogens is 380 g/mol. The van der Waals surface area contributed by atoms with E-state index < -0.39 is 28.2 Å². The standard InChI is InChI=1S/C18H18N6O5/c25-13-9-12(16(26)19-10-4-3-5-11(8-10)24(28)29)14-15(20-13)21-18(22-17(14)27)23-6-1-2-7-23/h3-5,8,12H,1-2,6-7,9H2,(H,19,26)(H2,20,21,22,25,27). The minimum atomic E-state index is -1.05. The van der Waals surface area contributed by atoms with Gasteiger partial charge < -0.3 is 15.5 Å². The zero-order valence-corrected chi connectivity index (χ0v) is 15.3. The molecule has 1 aromatic heterocycles. The number of nitrogens with one attached hydrogen (secondary N) is 3. The predicted molar refractivity (Wildman–Crippen MR) is 104 cm³/mol. The molecule has 1 saturated heterocycles. The van der Waals surface area contributed by atoms with Gasteiger partial charge in [0, 0.05) is 37.3 Å². The lowest BCUT2D eigenvalue weighted by molar-refractivity contribution is -0.384. The van der Waals surface area contributed by atoms with Gasteiger partial charge in [0.1, 0.15) is 5.82 Å². The van der Waals surface area contributed by atoms with Crippen molar-refractivity contribution in [2.45, 2.75) is 25.2 Å². The molecule has 1 fully saturated rings. The lowest BCUT2D eigenvalue weighted by Gasteiger charge is -2.25. The molecule has 2 aliphatic rings. The number of non-ortho nitro benzene ring substituents is 1. The van der Waals surface area contributed by atoms with E-state index in [1.165, 1.54) is 24.3 Å². The molecule has 1 unspecified atom stereocenters. The van der Waals surface area contributed by atoms with Crippen LogP contribution in [0.3, 0.4) is 0 Å². The van der Waals surface area contributed by atoms with Gasteiger partial charge in [-0.1, -0.05) is 6.07 Å². The first-order chi connectivity index (χ1) is 13.9. The Kier molecular flexibility index (Phi) is 4.71. The van der Waals surface area contributed by atoms with Crippen molar-refractivity contribution in [3.63, 3.8) is 0 Å². The summed E-state index contributed by atoms with van der Waals surface area (Å²) in [6, 6.07) is 5.44. The number of benzene rings is 1. The summed E-state index contributed by atoms with van der Waals surface area (Å²) in [5, 5.41) is 16.0. The second kappa shape index (κ2) is 7.34. The number of amides is 2. The maximum atomic E-state index is 12.8. The molecule has 29 heavy (non-hydrogen) atoms. The molecule has 0 radical (unpaired) electrons. The van der Waals surface area contributed by atoms with Gasteiger partial charge in [-0.05, 0) is 18.9 Å². The summed E-state index contributed by atoms with van der Waals surface area (Å²) in [4.78, 5) is 57.0. The van der Waals surface area contributed by atoms with Crippen LogP contribution >= 0.6 is 0 Å². The number of rotatable bonds is 4. The van der Waals surface area contributed by atoms with E-state index in [0.29, 0.717) is 5.95 Å². The molecule has 3 N–H and O–H groups in total. The number of anilines is 3. The molecule has 0 bridgehead atoms. The molecular formula is C18H18N6O5. The Labute approximate surface area is 164 Å². The van der Waals surface area contributed by atoms with Crippen molar-refractivity contribution in [3.05, 3.63) is 50.3 Å². The third-order valence-electron chi connectivity index (χ3n) is 4.99. The second-order valence-corrected chi connectivity index (χ2v) is 6.95. The third kappa shape index (κ3) is 3.66. The molecule has 11 heteroatoms. The average Bonchev–Trinajstić information content (AvgIpc) is 3.22. The van der Waals surface area contributed by atoms with E-state index in [0.717, 1.165) is 25.9 Å². The highest BCUT2D eigenvalue weighted by Crippen LogP contribution is 2.31. The number of nitrogens with zero attached hydrogens (tertiary/aromatic N) is 3. The van der Waals surface area contributed by atoms with Crippen LogP contribution in [0.4, 0.5) is 23.1 Å². The van der Waals surface area contributed by atoms with Crippen LogP contribution in [0.5, 0.6) is 0 Å². The number of aromatic nitrogens is 2. The van der Waals surface area contributed by atoms with E-state index in [2.05, 4.69) is 20.6 Å². The molecule has 150 valence electrons. The van der Waals surface area contributed by atoms with Crippen molar-refractivity contribution < 1.29 is 14.5 Å². The Morgan fingerprint density at radius 3 is 2.76 bits per heavy atom. The van der Waals surface area contributed by atoms with Crippen LogP contribution in [0.15, 0.2) is 29.1 Å². The van der Waals surface area contributed by atoms with Gasteiger partial charge in [-0.3, -0.25) is 29.5 Å². The molecule has 4 rings (SSSR count). The van der Waals surface area contributed by atoms with Crippen LogP contribution in [-0.2, 0) is 9.59 Å². The lowest BCUT2D eigenvalue weighted by Crippen LogP contribution is -2.37. The van der Waals surface area contributed by atoms with Gasteiger partial charge in [0.2, 0.25) is 17.8 Å². The summed E-state index contributed by atoms with van der Waals surface area (Å²) in [5.74, 6) is -1.65. The van der Waals surface area contributed by atoms with E-state index >= 15 is 0 Å². The van der Waals surface area contributed by atoms with E-state index in [4.69, 9.17) is 0 Å². The van der Waals surface area contributed by atoms with E-state index in [1.807, 2.05) is 4.90 Å². The van der Waals surface area contributed by atoms with Gasteiger partial charge in [-0.2, -0.15) is 4.98 Å². The molecule has 3 heterocycles. The summed E-state index contributed by atoms with van der Waals surface area (Å²) < 4.78 is 0. The van der Waals surface area contributed by atoms with Crippen LogP contribution in [0, 0.1) is 10.1 Å². The number of carbonyl (C=O) groups is 2. The van der Waals surface area contributed by atoms with Crippen molar-refractivity contribution in [2.24, 2.45) is 0 Å². The van der Waals surface area contributed by atoms with Gasteiger partial charge >= 0.3 is 0 Å². The van der Waals surface area contributed by atoms with E-state index in [1.54, 1.807) is 0 Å². The van der Waals surface area contributed by atoms with Crippen LogP contribution in [0.1, 0.15) is 30.7 Å². The number of hydrogen-bond acceptors (Lipinski definition) is 7. The number of nitro benzene ring substituents is 1. The Balaban J connectivity index is 1.64. The molecule has 0 spiro atoms. The Morgan fingerprint density at radius 1 is 1.28 bits per heavy atom. The highest BCUT2D eigenvalue weighted by atomic mass is 16.6. The number of nitro groups is 1. The zero-order valence-electron chi connectivity index (χ0n) is 15.3. The number of fused-ring (bicyclic) bond motifs is 1. The fourth-order valence-electron chi connectivity index (χ4n) is 3.59. The number of H-pyrrole nitrogens is 1. The monoisotopic (exact) mass is 398 g/mol. The average molecular weight is 398 g/mol. The molecule has 0 aliphatic carbocycles. The fraction of sp³-hybridized carbons (Fsp3) is 0.333. The molecule has 1 atom stereocenters. The minimum absolute atomic E-state index is 0.0751. The maximum absolute atomic E-state index is 12.8. The van der Waals surface area contributed by atoms with Crippen LogP contribution in [0.2, 0.25) is 0 Å². The topological polar surface area (TPSA) is 150 Å².